The number of aryl methyl sites for hydroxylation is 1. The van der Waals surface area contributed by atoms with Gasteiger partial charge in [-0.2, -0.15) is 0 Å². The zero-order chi connectivity index (χ0) is 16.6. The van der Waals surface area contributed by atoms with Gasteiger partial charge in [0.1, 0.15) is 11.6 Å². The molecule has 0 aliphatic carbocycles. The fraction of sp³-hybridized carbons (Fsp3) is 0.0526. The van der Waals surface area contributed by atoms with Gasteiger partial charge in [0, 0.05) is 11.1 Å². The zero-order valence-electron chi connectivity index (χ0n) is 12.2. The Morgan fingerprint density at radius 1 is 0.652 bits per heavy atom. The molecular formula is C19H12F4. The van der Waals surface area contributed by atoms with Crippen LogP contribution in [-0.2, 0) is 0 Å². The molecule has 23 heavy (non-hydrogen) atoms. The second kappa shape index (κ2) is 5.88. The normalized spacial score (nSPS) is 10.8. The molecule has 0 aliphatic rings. The van der Waals surface area contributed by atoms with Crippen molar-refractivity contribution >= 4 is 0 Å². The van der Waals surface area contributed by atoms with E-state index >= 15 is 0 Å². The van der Waals surface area contributed by atoms with E-state index in [1.54, 1.807) is 6.92 Å². The van der Waals surface area contributed by atoms with Gasteiger partial charge in [0.25, 0.3) is 0 Å². The van der Waals surface area contributed by atoms with Crippen molar-refractivity contribution in [3.05, 3.63) is 83.4 Å². The molecule has 0 aliphatic heterocycles. The molecule has 3 aromatic rings. The molecule has 0 aromatic heterocycles. The van der Waals surface area contributed by atoms with Crippen molar-refractivity contribution < 1.29 is 17.6 Å². The van der Waals surface area contributed by atoms with E-state index in [1.165, 1.54) is 42.5 Å². The molecule has 0 saturated heterocycles. The predicted molar refractivity (Wildman–Crippen MR) is 81.9 cm³/mol. The van der Waals surface area contributed by atoms with E-state index in [0.29, 0.717) is 5.56 Å². The van der Waals surface area contributed by atoms with E-state index in [-0.39, 0.29) is 22.3 Å². The van der Waals surface area contributed by atoms with Crippen molar-refractivity contribution in [3.8, 4) is 22.3 Å². The summed E-state index contributed by atoms with van der Waals surface area (Å²) in [6.07, 6.45) is 0. The van der Waals surface area contributed by atoms with Crippen molar-refractivity contribution in [2.45, 2.75) is 6.92 Å². The van der Waals surface area contributed by atoms with E-state index in [1.807, 2.05) is 0 Å². The highest BCUT2D eigenvalue weighted by atomic mass is 19.2. The minimum absolute atomic E-state index is 0.0402. The Morgan fingerprint density at radius 2 is 1.26 bits per heavy atom. The van der Waals surface area contributed by atoms with E-state index < -0.39 is 23.3 Å². The molecule has 0 amide bonds. The van der Waals surface area contributed by atoms with E-state index in [2.05, 4.69) is 0 Å². The van der Waals surface area contributed by atoms with Crippen LogP contribution in [0.4, 0.5) is 17.6 Å². The fourth-order valence-corrected chi connectivity index (χ4v) is 2.41. The molecule has 0 spiro atoms. The molecule has 116 valence electrons. The van der Waals surface area contributed by atoms with Crippen LogP contribution in [0.2, 0.25) is 0 Å². The Kier molecular flexibility index (Phi) is 3.90. The van der Waals surface area contributed by atoms with Crippen molar-refractivity contribution in [2.24, 2.45) is 0 Å². The molecule has 0 heterocycles. The van der Waals surface area contributed by atoms with Crippen LogP contribution < -0.4 is 0 Å². The Morgan fingerprint density at radius 3 is 1.83 bits per heavy atom. The van der Waals surface area contributed by atoms with Gasteiger partial charge >= 0.3 is 0 Å². The van der Waals surface area contributed by atoms with Crippen LogP contribution in [0.15, 0.2) is 54.6 Å². The summed E-state index contributed by atoms with van der Waals surface area (Å²) in [6, 6.07) is 12.2. The van der Waals surface area contributed by atoms with Gasteiger partial charge in [-0.3, -0.25) is 0 Å². The standard InChI is InChI=1S/C19H12F4/c1-11-5-6-13(10-17(11)21)16-8-7-15(18(22)19(16)23)12-3-2-4-14(20)9-12/h2-10H,1H3. The van der Waals surface area contributed by atoms with Crippen molar-refractivity contribution in [2.75, 3.05) is 0 Å². The van der Waals surface area contributed by atoms with Crippen molar-refractivity contribution in [1.82, 2.24) is 0 Å². The van der Waals surface area contributed by atoms with Crippen LogP contribution in [0.3, 0.4) is 0 Å². The summed E-state index contributed by atoms with van der Waals surface area (Å²) in [5.41, 5.74) is 0.823. The summed E-state index contributed by atoms with van der Waals surface area (Å²) in [5.74, 6) is -3.20. The van der Waals surface area contributed by atoms with Crippen molar-refractivity contribution in [1.29, 1.82) is 0 Å². The predicted octanol–water partition coefficient (Wildman–Crippen LogP) is 5.89. The molecule has 0 nitrogen and oxygen atoms in total. The largest absolute Gasteiger partial charge is 0.207 e. The smallest absolute Gasteiger partial charge is 0.167 e. The number of hydrogen-bond donors (Lipinski definition) is 0. The van der Waals surface area contributed by atoms with Crippen LogP contribution in [0, 0.1) is 30.2 Å². The molecule has 0 unspecified atom stereocenters. The summed E-state index contributed by atoms with van der Waals surface area (Å²) in [5, 5.41) is 0. The number of rotatable bonds is 2. The Bertz CT molecular complexity index is 885. The van der Waals surface area contributed by atoms with Crippen LogP contribution in [0.5, 0.6) is 0 Å². The fourth-order valence-electron chi connectivity index (χ4n) is 2.41. The van der Waals surface area contributed by atoms with Crippen LogP contribution in [-0.4, -0.2) is 0 Å². The molecule has 4 heteroatoms. The summed E-state index contributed by atoms with van der Waals surface area (Å²) < 4.78 is 55.6. The second-order valence-corrected chi connectivity index (χ2v) is 5.26. The molecule has 0 radical (unpaired) electrons. The topological polar surface area (TPSA) is 0 Å². The number of halogens is 4. The van der Waals surface area contributed by atoms with Crippen LogP contribution >= 0.6 is 0 Å². The van der Waals surface area contributed by atoms with E-state index in [9.17, 15) is 17.6 Å². The first-order chi connectivity index (χ1) is 11.0. The van der Waals surface area contributed by atoms with E-state index in [4.69, 9.17) is 0 Å². The maximum atomic E-state index is 14.4. The third-order valence-corrected chi connectivity index (χ3v) is 3.70. The zero-order valence-corrected chi connectivity index (χ0v) is 12.2. The average molecular weight is 316 g/mol. The lowest BCUT2D eigenvalue weighted by Gasteiger charge is -2.10. The molecular weight excluding hydrogens is 304 g/mol. The lowest BCUT2D eigenvalue weighted by molar-refractivity contribution is 0.513. The SMILES string of the molecule is Cc1ccc(-c2ccc(-c3cccc(F)c3)c(F)c2F)cc1F. The average Bonchev–Trinajstić information content (AvgIpc) is 2.53. The van der Waals surface area contributed by atoms with Gasteiger partial charge in [0.05, 0.1) is 0 Å². The van der Waals surface area contributed by atoms with Gasteiger partial charge in [0.15, 0.2) is 11.6 Å². The lowest BCUT2D eigenvalue weighted by atomic mass is 9.98. The maximum Gasteiger partial charge on any atom is 0.167 e. The number of hydrogen-bond acceptors (Lipinski definition) is 0. The monoisotopic (exact) mass is 316 g/mol. The highest BCUT2D eigenvalue weighted by Gasteiger charge is 2.16. The van der Waals surface area contributed by atoms with Crippen LogP contribution in [0.25, 0.3) is 22.3 Å². The van der Waals surface area contributed by atoms with Crippen molar-refractivity contribution in [3.63, 3.8) is 0 Å². The third-order valence-electron chi connectivity index (χ3n) is 3.70. The summed E-state index contributed by atoms with van der Waals surface area (Å²) in [6.45, 7) is 1.59. The van der Waals surface area contributed by atoms with Crippen LogP contribution in [0.1, 0.15) is 5.56 Å². The first kappa shape index (κ1) is 15.3. The first-order valence-corrected chi connectivity index (χ1v) is 6.98. The van der Waals surface area contributed by atoms with Gasteiger partial charge in [-0.05, 0) is 41.8 Å². The van der Waals surface area contributed by atoms with Gasteiger partial charge in [-0.1, -0.05) is 36.4 Å². The Labute approximate surface area is 131 Å². The number of benzene rings is 3. The molecule has 3 rings (SSSR count). The minimum Gasteiger partial charge on any atom is -0.207 e. The molecule has 0 N–H and O–H groups in total. The third kappa shape index (κ3) is 2.84. The van der Waals surface area contributed by atoms with Gasteiger partial charge < -0.3 is 0 Å². The molecule has 0 fully saturated rings. The first-order valence-electron chi connectivity index (χ1n) is 6.98. The Balaban J connectivity index is 2.12. The van der Waals surface area contributed by atoms with Gasteiger partial charge in [-0.15, -0.1) is 0 Å². The Hall–Kier alpha value is -2.62. The molecule has 0 atom stereocenters. The lowest BCUT2D eigenvalue weighted by Crippen LogP contribution is -1.95. The second-order valence-electron chi connectivity index (χ2n) is 5.26. The van der Waals surface area contributed by atoms with E-state index in [0.717, 1.165) is 12.1 Å². The maximum absolute atomic E-state index is 14.4. The summed E-state index contributed by atoms with van der Waals surface area (Å²) >= 11 is 0. The quantitative estimate of drug-likeness (QED) is 0.517. The summed E-state index contributed by atoms with van der Waals surface area (Å²) in [7, 11) is 0. The molecule has 0 saturated carbocycles. The van der Waals surface area contributed by atoms with Gasteiger partial charge in [-0.25, -0.2) is 17.6 Å². The minimum atomic E-state index is -1.09. The highest BCUT2D eigenvalue weighted by molar-refractivity contribution is 5.72. The highest BCUT2D eigenvalue weighted by Crippen LogP contribution is 2.32. The van der Waals surface area contributed by atoms with Gasteiger partial charge in [0.2, 0.25) is 0 Å². The summed E-state index contributed by atoms with van der Waals surface area (Å²) in [4.78, 5) is 0. The molecule has 0 bridgehead atoms. The molecule has 3 aromatic carbocycles.